The van der Waals surface area contributed by atoms with Crippen LogP contribution in [-0.4, -0.2) is 40.1 Å². The average molecular weight is 350 g/mol. The first kappa shape index (κ1) is 16.8. The number of β-amino-alcohol motifs (C(OH)–C–C–N with tert-alkyl or cyclic N) is 1. The van der Waals surface area contributed by atoms with Crippen molar-refractivity contribution in [2.45, 2.75) is 31.8 Å². The zero-order valence-corrected chi connectivity index (χ0v) is 14.6. The first-order valence-corrected chi connectivity index (χ1v) is 9.10. The summed E-state index contributed by atoms with van der Waals surface area (Å²) in [5.41, 5.74) is 3.32. The molecule has 0 aliphatic carbocycles. The van der Waals surface area contributed by atoms with Gasteiger partial charge in [0.2, 0.25) is 0 Å². The summed E-state index contributed by atoms with van der Waals surface area (Å²) in [7, 11) is 0. The van der Waals surface area contributed by atoms with Gasteiger partial charge in [0.05, 0.1) is 6.10 Å². The molecule has 0 saturated carbocycles. The Labute approximate surface area is 152 Å². The average Bonchev–Trinajstić information content (AvgIpc) is 3.27. The SMILES string of the molecule is O=C(c1ccc2oc(CCCc3ccccc3)nc2c1)N1CC[C@H](O)C1. The van der Waals surface area contributed by atoms with Crippen LogP contribution in [0.15, 0.2) is 52.9 Å². The highest BCUT2D eigenvalue weighted by Gasteiger charge is 2.25. The van der Waals surface area contributed by atoms with E-state index in [4.69, 9.17) is 4.42 Å². The number of hydrogen-bond acceptors (Lipinski definition) is 4. The number of amides is 1. The molecule has 1 aromatic heterocycles. The Balaban J connectivity index is 1.43. The molecular formula is C21H22N2O3. The molecule has 0 unspecified atom stereocenters. The highest BCUT2D eigenvalue weighted by molar-refractivity contribution is 5.97. The lowest BCUT2D eigenvalue weighted by Gasteiger charge is -2.15. The van der Waals surface area contributed by atoms with Crippen LogP contribution in [0.4, 0.5) is 0 Å². The maximum Gasteiger partial charge on any atom is 0.254 e. The minimum atomic E-state index is -0.411. The van der Waals surface area contributed by atoms with Crippen LogP contribution in [0.3, 0.4) is 0 Å². The van der Waals surface area contributed by atoms with E-state index in [1.54, 1.807) is 17.0 Å². The molecule has 1 amide bonds. The lowest BCUT2D eigenvalue weighted by molar-refractivity contribution is 0.0765. The highest BCUT2D eigenvalue weighted by Crippen LogP contribution is 2.21. The van der Waals surface area contributed by atoms with Gasteiger partial charge >= 0.3 is 0 Å². The molecule has 0 bridgehead atoms. The maximum atomic E-state index is 12.5. The Bertz CT molecular complexity index is 904. The van der Waals surface area contributed by atoms with Crippen LogP contribution in [0.2, 0.25) is 0 Å². The molecular weight excluding hydrogens is 328 g/mol. The Kier molecular flexibility index (Phi) is 4.71. The van der Waals surface area contributed by atoms with Gasteiger partial charge < -0.3 is 14.4 Å². The van der Waals surface area contributed by atoms with E-state index < -0.39 is 6.10 Å². The normalized spacial score (nSPS) is 17.1. The van der Waals surface area contributed by atoms with Crippen LogP contribution in [0.25, 0.3) is 11.1 Å². The van der Waals surface area contributed by atoms with Crippen LogP contribution in [0.5, 0.6) is 0 Å². The summed E-state index contributed by atoms with van der Waals surface area (Å²) in [6.45, 7) is 1.00. The summed E-state index contributed by atoms with van der Waals surface area (Å²) in [5.74, 6) is 0.647. The largest absolute Gasteiger partial charge is 0.441 e. The van der Waals surface area contributed by atoms with Crippen LogP contribution in [-0.2, 0) is 12.8 Å². The van der Waals surface area contributed by atoms with Crippen LogP contribution in [0.1, 0.15) is 34.7 Å². The van der Waals surface area contributed by atoms with E-state index in [1.807, 2.05) is 24.3 Å². The quantitative estimate of drug-likeness (QED) is 0.767. The van der Waals surface area contributed by atoms with Gasteiger partial charge in [0, 0.05) is 25.1 Å². The van der Waals surface area contributed by atoms with Gasteiger partial charge in [0.25, 0.3) is 5.91 Å². The predicted molar refractivity (Wildman–Crippen MR) is 99.0 cm³/mol. The van der Waals surface area contributed by atoms with Gasteiger partial charge in [-0.15, -0.1) is 0 Å². The molecule has 4 rings (SSSR count). The van der Waals surface area contributed by atoms with Crippen LogP contribution in [0, 0.1) is 0 Å². The molecule has 2 heterocycles. The Morgan fingerprint density at radius 2 is 2.04 bits per heavy atom. The molecule has 5 heteroatoms. The number of rotatable bonds is 5. The number of aliphatic hydroxyl groups excluding tert-OH is 1. The van der Waals surface area contributed by atoms with Gasteiger partial charge in [0.1, 0.15) is 5.52 Å². The summed E-state index contributed by atoms with van der Waals surface area (Å²) in [4.78, 5) is 18.8. The number of benzene rings is 2. The fourth-order valence-electron chi connectivity index (χ4n) is 3.41. The van der Waals surface area contributed by atoms with Crippen molar-refractivity contribution in [3.8, 4) is 0 Å². The number of nitrogens with zero attached hydrogens (tertiary/aromatic N) is 2. The van der Waals surface area contributed by atoms with Crippen molar-refractivity contribution >= 4 is 17.0 Å². The number of aryl methyl sites for hydroxylation is 2. The highest BCUT2D eigenvalue weighted by atomic mass is 16.3. The summed E-state index contributed by atoms with van der Waals surface area (Å²) >= 11 is 0. The summed E-state index contributed by atoms with van der Waals surface area (Å²) in [6.07, 6.45) is 2.95. The summed E-state index contributed by atoms with van der Waals surface area (Å²) in [5, 5.41) is 9.61. The number of aliphatic hydroxyl groups is 1. The van der Waals surface area contributed by atoms with E-state index in [9.17, 15) is 9.90 Å². The predicted octanol–water partition coefficient (Wildman–Crippen LogP) is 3.21. The molecule has 0 radical (unpaired) electrons. The van der Waals surface area contributed by atoms with E-state index in [-0.39, 0.29) is 5.91 Å². The third-order valence-corrected chi connectivity index (χ3v) is 4.83. The lowest BCUT2D eigenvalue weighted by Crippen LogP contribution is -2.29. The van der Waals surface area contributed by atoms with Crippen molar-refractivity contribution in [2.75, 3.05) is 13.1 Å². The fraction of sp³-hybridized carbons (Fsp3) is 0.333. The van der Waals surface area contributed by atoms with Crippen molar-refractivity contribution in [1.82, 2.24) is 9.88 Å². The zero-order valence-electron chi connectivity index (χ0n) is 14.6. The van der Waals surface area contributed by atoms with Crippen LogP contribution >= 0.6 is 0 Å². The van der Waals surface area contributed by atoms with Crippen molar-refractivity contribution in [3.63, 3.8) is 0 Å². The van der Waals surface area contributed by atoms with Gasteiger partial charge in [-0.1, -0.05) is 30.3 Å². The molecule has 2 aromatic carbocycles. The first-order chi connectivity index (χ1) is 12.7. The van der Waals surface area contributed by atoms with E-state index in [2.05, 4.69) is 17.1 Å². The molecule has 3 aromatic rings. The first-order valence-electron chi connectivity index (χ1n) is 9.10. The maximum absolute atomic E-state index is 12.5. The second-order valence-electron chi connectivity index (χ2n) is 6.82. The lowest BCUT2D eigenvalue weighted by atomic mass is 10.1. The van der Waals surface area contributed by atoms with Crippen molar-refractivity contribution in [3.05, 3.63) is 65.5 Å². The fourth-order valence-corrected chi connectivity index (χ4v) is 3.41. The molecule has 1 fully saturated rings. The van der Waals surface area contributed by atoms with Gasteiger partial charge in [-0.2, -0.15) is 0 Å². The Hall–Kier alpha value is -2.66. The van der Waals surface area contributed by atoms with Crippen molar-refractivity contribution in [1.29, 1.82) is 0 Å². The van der Waals surface area contributed by atoms with E-state index in [0.29, 0.717) is 42.1 Å². The third kappa shape index (κ3) is 3.63. The molecule has 134 valence electrons. The molecule has 1 aliphatic rings. The minimum Gasteiger partial charge on any atom is -0.441 e. The molecule has 26 heavy (non-hydrogen) atoms. The number of aromatic nitrogens is 1. The monoisotopic (exact) mass is 350 g/mol. The summed E-state index contributed by atoms with van der Waals surface area (Å²) < 4.78 is 5.81. The van der Waals surface area contributed by atoms with Crippen molar-refractivity contribution < 1.29 is 14.3 Å². The number of oxazole rings is 1. The van der Waals surface area contributed by atoms with Gasteiger partial charge in [-0.05, 0) is 43.0 Å². The van der Waals surface area contributed by atoms with Gasteiger partial charge in [-0.25, -0.2) is 4.98 Å². The third-order valence-electron chi connectivity index (χ3n) is 4.83. The van der Waals surface area contributed by atoms with E-state index in [1.165, 1.54) is 5.56 Å². The topological polar surface area (TPSA) is 66.6 Å². The minimum absolute atomic E-state index is 0.0583. The molecule has 1 atom stereocenters. The number of carbonyl (C=O) groups is 1. The van der Waals surface area contributed by atoms with Gasteiger partial charge in [-0.3, -0.25) is 4.79 Å². The standard InChI is InChI=1S/C21H22N2O3/c24-17-11-12-23(14-17)21(25)16-9-10-19-18(13-16)22-20(26-19)8-4-7-15-5-2-1-3-6-15/h1-3,5-6,9-10,13,17,24H,4,7-8,11-12,14H2/t17-/m0/s1. The van der Waals surface area contributed by atoms with Gasteiger partial charge in [0.15, 0.2) is 11.5 Å². The second-order valence-corrected chi connectivity index (χ2v) is 6.82. The second kappa shape index (κ2) is 7.30. The smallest absolute Gasteiger partial charge is 0.254 e. The zero-order chi connectivity index (χ0) is 17.9. The Morgan fingerprint density at radius 1 is 1.19 bits per heavy atom. The number of fused-ring (bicyclic) bond motifs is 1. The summed E-state index contributed by atoms with van der Waals surface area (Å²) in [6, 6.07) is 15.7. The molecule has 1 saturated heterocycles. The Morgan fingerprint density at radius 3 is 2.81 bits per heavy atom. The molecule has 1 N–H and O–H groups in total. The molecule has 1 aliphatic heterocycles. The number of likely N-dealkylation sites (tertiary alicyclic amines) is 1. The van der Waals surface area contributed by atoms with E-state index in [0.717, 1.165) is 19.3 Å². The number of carbonyl (C=O) groups excluding carboxylic acids is 1. The van der Waals surface area contributed by atoms with E-state index >= 15 is 0 Å². The number of hydrogen-bond donors (Lipinski definition) is 1. The molecule has 0 spiro atoms. The molecule has 5 nitrogen and oxygen atoms in total. The van der Waals surface area contributed by atoms with Crippen molar-refractivity contribution in [2.24, 2.45) is 0 Å². The van der Waals surface area contributed by atoms with Crippen LogP contribution < -0.4 is 0 Å².